The van der Waals surface area contributed by atoms with Crippen molar-refractivity contribution in [3.63, 3.8) is 0 Å². The van der Waals surface area contributed by atoms with Crippen LogP contribution >= 0.6 is 0 Å². The van der Waals surface area contributed by atoms with E-state index >= 15 is 0 Å². The summed E-state index contributed by atoms with van der Waals surface area (Å²) in [5.74, 6) is 0. The van der Waals surface area contributed by atoms with Gasteiger partial charge in [-0.15, -0.1) is 0 Å². The number of rotatable bonds is 11. The number of aryl methyl sites for hydroxylation is 1. The molecule has 1 aromatic rings. The van der Waals surface area contributed by atoms with Crippen LogP contribution in [0.2, 0.25) is 72.5 Å². The van der Waals surface area contributed by atoms with Crippen molar-refractivity contribution in [3.05, 3.63) is 29.8 Å². The predicted molar refractivity (Wildman–Crippen MR) is 216 cm³/mol. The van der Waals surface area contributed by atoms with Crippen molar-refractivity contribution < 1.29 is 26.6 Å². The summed E-state index contributed by atoms with van der Waals surface area (Å²) < 4.78 is 51.3. The smallest absolute Gasteiger partial charge is 0.192 e. The molecule has 0 amide bonds. The van der Waals surface area contributed by atoms with Crippen molar-refractivity contribution in [2.75, 3.05) is 6.61 Å². The molecule has 0 bridgehead atoms. The van der Waals surface area contributed by atoms with Gasteiger partial charge in [0.2, 0.25) is 0 Å². The van der Waals surface area contributed by atoms with Crippen molar-refractivity contribution in [2.45, 2.75) is 197 Å². The maximum absolute atomic E-state index is 14.8. The SMILES string of the molecule is Cc1ccc(S(=O)[C@@H]2O[C@H](CO[Si](C)(C)C(C)(C)C)[C@@H](O[Si](C)(C)C(C)(C)C)[C@H](O[Si](C)(C)C(C)(C)C)[C@H]2O[Si](C)(C)C(C)(C)C)cc1. The lowest BCUT2D eigenvalue weighted by Gasteiger charge is -2.54. The zero-order valence-corrected chi connectivity index (χ0v) is 39.6. The van der Waals surface area contributed by atoms with E-state index in [1.54, 1.807) is 0 Å². The number of hydrogen-bond donors (Lipinski definition) is 0. The first-order valence-electron chi connectivity index (χ1n) is 18.0. The van der Waals surface area contributed by atoms with Gasteiger partial charge in [-0.1, -0.05) is 101 Å². The molecule has 0 N–H and O–H groups in total. The lowest BCUT2D eigenvalue weighted by Crippen LogP contribution is -2.68. The molecular formula is C37H74O6SSi4. The number of hydrogen-bond acceptors (Lipinski definition) is 6. The van der Waals surface area contributed by atoms with Crippen molar-refractivity contribution in [2.24, 2.45) is 0 Å². The molecule has 280 valence electrons. The van der Waals surface area contributed by atoms with E-state index in [4.69, 9.17) is 22.4 Å². The Hall–Kier alpha value is 0.0375. The fourth-order valence-electron chi connectivity index (χ4n) is 4.45. The van der Waals surface area contributed by atoms with Gasteiger partial charge in [0.25, 0.3) is 0 Å². The molecule has 1 fully saturated rings. The third kappa shape index (κ3) is 10.3. The highest BCUT2D eigenvalue weighted by atomic mass is 32.2. The van der Waals surface area contributed by atoms with Crippen LogP contribution in [0.25, 0.3) is 0 Å². The highest BCUT2D eigenvalue weighted by Gasteiger charge is 2.58. The minimum Gasteiger partial charge on any atom is -0.414 e. The first-order valence-corrected chi connectivity index (χ1v) is 30.8. The van der Waals surface area contributed by atoms with Crippen molar-refractivity contribution in [1.82, 2.24) is 0 Å². The molecule has 11 heteroatoms. The summed E-state index contributed by atoms with van der Waals surface area (Å²) in [6, 6.07) is 7.96. The van der Waals surface area contributed by atoms with E-state index < -0.39 is 73.9 Å². The molecule has 0 radical (unpaired) electrons. The molecule has 2 rings (SSSR count). The number of benzene rings is 1. The van der Waals surface area contributed by atoms with Gasteiger partial charge in [0, 0.05) is 4.90 Å². The van der Waals surface area contributed by atoms with Gasteiger partial charge >= 0.3 is 0 Å². The molecule has 0 aliphatic carbocycles. The monoisotopic (exact) mass is 758 g/mol. The minimum absolute atomic E-state index is 0.0204. The molecule has 0 saturated carbocycles. The number of ether oxygens (including phenoxy) is 1. The van der Waals surface area contributed by atoms with Crippen LogP contribution in [0.15, 0.2) is 29.2 Å². The maximum atomic E-state index is 14.8. The van der Waals surface area contributed by atoms with Crippen LogP contribution in [-0.4, -0.2) is 73.9 Å². The Morgan fingerprint density at radius 1 is 0.583 bits per heavy atom. The Morgan fingerprint density at radius 3 is 1.31 bits per heavy atom. The van der Waals surface area contributed by atoms with E-state index in [1.807, 2.05) is 31.2 Å². The van der Waals surface area contributed by atoms with Gasteiger partial charge in [-0.25, -0.2) is 0 Å². The van der Waals surface area contributed by atoms with Crippen LogP contribution in [-0.2, 0) is 33.2 Å². The highest BCUT2D eigenvalue weighted by molar-refractivity contribution is 7.85. The minimum atomic E-state index is -2.42. The van der Waals surface area contributed by atoms with Gasteiger partial charge in [-0.05, 0) is 91.6 Å². The quantitative estimate of drug-likeness (QED) is 0.209. The lowest BCUT2D eigenvalue weighted by molar-refractivity contribution is -0.192. The van der Waals surface area contributed by atoms with Gasteiger partial charge in [-0.2, -0.15) is 0 Å². The summed E-state index contributed by atoms with van der Waals surface area (Å²) in [6.45, 7) is 47.8. The van der Waals surface area contributed by atoms with Crippen molar-refractivity contribution in [1.29, 1.82) is 0 Å². The van der Waals surface area contributed by atoms with Crippen LogP contribution in [0.5, 0.6) is 0 Å². The van der Waals surface area contributed by atoms with Gasteiger partial charge in [0.1, 0.15) is 24.4 Å². The Balaban J connectivity index is 2.94. The molecule has 1 saturated heterocycles. The van der Waals surface area contributed by atoms with E-state index in [1.165, 1.54) is 0 Å². The molecule has 48 heavy (non-hydrogen) atoms. The molecule has 1 unspecified atom stereocenters. The summed E-state index contributed by atoms with van der Waals surface area (Å²) in [5.41, 5.74) is 0.362. The third-order valence-corrected chi connectivity index (χ3v) is 31.6. The van der Waals surface area contributed by atoms with E-state index in [-0.39, 0.29) is 20.2 Å². The molecule has 0 spiro atoms. The Kier molecular flexibility index (Phi) is 13.6. The van der Waals surface area contributed by atoms with E-state index in [2.05, 4.69) is 135 Å². The molecule has 1 aliphatic rings. The molecule has 0 aromatic heterocycles. The average Bonchev–Trinajstić information content (AvgIpc) is 2.87. The molecule has 1 aliphatic heterocycles. The summed E-state index contributed by atoms with van der Waals surface area (Å²) in [7, 11) is -10.9. The van der Waals surface area contributed by atoms with Crippen LogP contribution in [0, 0.1) is 6.92 Å². The third-order valence-electron chi connectivity index (χ3n) is 12.2. The Bertz CT molecular complexity index is 1240. The summed E-state index contributed by atoms with van der Waals surface area (Å²) in [6.07, 6.45) is -2.02. The predicted octanol–water partition coefficient (Wildman–Crippen LogP) is 11.0. The van der Waals surface area contributed by atoms with Gasteiger partial charge < -0.3 is 22.4 Å². The highest BCUT2D eigenvalue weighted by Crippen LogP contribution is 2.47. The van der Waals surface area contributed by atoms with E-state index in [0.29, 0.717) is 6.61 Å². The van der Waals surface area contributed by atoms with Gasteiger partial charge in [0.05, 0.1) is 17.4 Å². The van der Waals surface area contributed by atoms with E-state index in [0.717, 1.165) is 10.5 Å². The first-order chi connectivity index (χ1) is 21.2. The molecule has 1 heterocycles. The molecular weight excluding hydrogens is 685 g/mol. The van der Waals surface area contributed by atoms with Crippen LogP contribution in [0.3, 0.4) is 0 Å². The van der Waals surface area contributed by atoms with Gasteiger partial charge in [0.15, 0.2) is 38.7 Å². The second kappa shape index (κ2) is 14.8. The van der Waals surface area contributed by atoms with E-state index in [9.17, 15) is 4.21 Å². The van der Waals surface area contributed by atoms with Crippen LogP contribution < -0.4 is 0 Å². The fourth-order valence-corrected chi connectivity index (χ4v) is 10.8. The molecule has 6 atom stereocenters. The van der Waals surface area contributed by atoms with Crippen LogP contribution in [0.4, 0.5) is 0 Å². The first kappa shape index (κ1) is 44.2. The second-order valence-corrected chi connectivity index (χ2v) is 40.9. The second-order valence-electron chi connectivity index (χ2n) is 20.3. The zero-order chi connectivity index (χ0) is 37.7. The van der Waals surface area contributed by atoms with Crippen molar-refractivity contribution >= 4 is 44.1 Å². The largest absolute Gasteiger partial charge is 0.414 e. The van der Waals surface area contributed by atoms with Gasteiger partial charge in [-0.3, -0.25) is 4.21 Å². The van der Waals surface area contributed by atoms with Crippen molar-refractivity contribution in [3.8, 4) is 0 Å². The summed E-state index contributed by atoms with van der Waals surface area (Å²) >= 11 is 0. The zero-order valence-electron chi connectivity index (χ0n) is 34.8. The fraction of sp³-hybridized carbons (Fsp3) is 0.838. The molecule has 6 nitrogen and oxygen atoms in total. The van der Waals surface area contributed by atoms with Crippen LogP contribution in [0.1, 0.15) is 88.6 Å². The Labute approximate surface area is 303 Å². The average molecular weight is 759 g/mol. The summed E-state index contributed by atoms with van der Waals surface area (Å²) in [4.78, 5) is 0.730. The topological polar surface area (TPSA) is 63.2 Å². The lowest BCUT2D eigenvalue weighted by atomic mass is 10.0. The summed E-state index contributed by atoms with van der Waals surface area (Å²) in [5, 5.41) is -0.168. The standard InChI is InChI=1S/C37H74O6SSi4/c1-27-22-24-28(25-23-27)44(38)33-32(43-48(20,21)37(11,12)13)31(42-47(18,19)36(8,9)10)30(41-46(16,17)35(5,6)7)29(40-33)26-39-45(14,15)34(2,3)4/h22-25,29-33H,26H2,1-21H3/t29-,30-,31+,32-,33+,44?/m1/s1. The Morgan fingerprint density at radius 2 is 0.938 bits per heavy atom. The normalized spacial score (nSPS) is 24.9. The molecule has 1 aromatic carbocycles. The maximum Gasteiger partial charge on any atom is 0.192 e.